The highest BCUT2D eigenvalue weighted by atomic mass is 15.3. The van der Waals surface area contributed by atoms with Gasteiger partial charge >= 0.3 is 0 Å². The number of aromatic nitrogens is 2. The SMILES string of the molecule is CC(C)c1c(N)ncnc1N1CCCC1(C)C. The van der Waals surface area contributed by atoms with Crippen LogP contribution in [0.15, 0.2) is 6.33 Å². The van der Waals surface area contributed by atoms with Crippen molar-refractivity contribution in [3.05, 3.63) is 11.9 Å². The van der Waals surface area contributed by atoms with Crippen LogP contribution in [0.4, 0.5) is 11.6 Å². The summed E-state index contributed by atoms with van der Waals surface area (Å²) < 4.78 is 0. The molecule has 94 valence electrons. The van der Waals surface area contributed by atoms with Crippen LogP contribution in [0, 0.1) is 0 Å². The van der Waals surface area contributed by atoms with Gasteiger partial charge in [-0.05, 0) is 32.6 Å². The number of hydrogen-bond acceptors (Lipinski definition) is 4. The molecule has 0 aromatic carbocycles. The first-order chi connectivity index (χ1) is 7.93. The number of nitrogens with two attached hydrogens (primary N) is 1. The summed E-state index contributed by atoms with van der Waals surface area (Å²) in [6.07, 6.45) is 3.99. The fourth-order valence-corrected chi connectivity index (χ4v) is 2.67. The molecule has 4 nitrogen and oxygen atoms in total. The van der Waals surface area contributed by atoms with Gasteiger partial charge in [0.2, 0.25) is 0 Å². The van der Waals surface area contributed by atoms with Crippen LogP contribution in [0.25, 0.3) is 0 Å². The molecule has 0 aliphatic carbocycles. The highest BCUT2D eigenvalue weighted by molar-refractivity contribution is 5.59. The second-order valence-corrected chi connectivity index (χ2v) is 5.72. The van der Waals surface area contributed by atoms with Gasteiger partial charge in [-0.25, -0.2) is 9.97 Å². The van der Waals surface area contributed by atoms with E-state index < -0.39 is 0 Å². The Morgan fingerprint density at radius 1 is 1.35 bits per heavy atom. The van der Waals surface area contributed by atoms with E-state index in [4.69, 9.17) is 5.73 Å². The third kappa shape index (κ3) is 2.08. The second kappa shape index (κ2) is 4.17. The van der Waals surface area contributed by atoms with E-state index in [0.29, 0.717) is 11.7 Å². The van der Waals surface area contributed by atoms with Crippen molar-refractivity contribution in [3.8, 4) is 0 Å². The van der Waals surface area contributed by atoms with E-state index in [1.54, 1.807) is 6.33 Å². The van der Waals surface area contributed by atoms with E-state index in [1.165, 1.54) is 12.8 Å². The van der Waals surface area contributed by atoms with E-state index in [0.717, 1.165) is 17.9 Å². The lowest BCUT2D eigenvalue weighted by atomic mass is 9.99. The minimum atomic E-state index is 0.171. The number of nitrogens with zero attached hydrogens (tertiary/aromatic N) is 3. The van der Waals surface area contributed by atoms with Gasteiger partial charge in [-0.2, -0.15) is 0 Å². The molecule has 1 aliphatic rings. The summed E-state index contributed by atoms with van der Waals surface area (Å²) in [5, 5.41) is 0. The standard InChI is InChI=1S/C13H22N4/c1-9(2)10-11(14)15-8-16-12(10)17-7-5-6-13(17,3)4/h8-9H,5-7H2,1-4H3,(H2,14,15,16). The molecule has 1 saturated heterocycles. The van der Waals surface area contributed by atoms with Crippen LogP contribution in [0.1, 0.15) is 52.0 Å². The lowest BCUT2D eigenvalue weighted by Gasteiger charge is -2.34. The number of hydrogen-bond donors (Lipinski definition) is 1. The minimum Gasteiger partial charge on any atom is -0.383 e. The van der Waals surface area contributed by atoms with Gasteiger partial charge in [0, 0.05) is 17.6 Å². The van der Waals surface area contributed by atoms with Gasteiger partial charge < -0.3 is 10.6 Å². The molecule has 1 aliphatic heterocycles. The summed E-state index contributed by atoms with van der Waals surface area (Å²) in [5.74, 6) is 1.99. The predicted octanol–water partition coefficient (Wildman–Crippen LogP) is 2.56. The van der Waals surface area contributed by atoms with Crippen molar-refractivity contribution in [2.75, 3.05) is 17.2 Å². The quantitative estimate of drug-likeness (QED) is 0.854. The van der Waals surface area contributed by atoms with E-state index in [2.05, 4.69) is 42.6 Å². The summed E-state index contributed by atoms with van der Waals surface area (Å²) in [6.45, 7) is 9.87. The molecule has 2 heterocycles. The van der Waals surface area contributed by atoms with Crippen molar-refractivity contribution in [2.24, 2.45) is 0 Å². The Hall–Kier alpha value is -1.32. The highest BCUT2D eigenvalue weighted by Crippen LogP contribution is 2.37. The molecule has 0 atom stereocenters. The molecule has 17 heavy (non-hydrogen) atoms. The molecule has 4 heteroatoms. The summed E-state index contributed by atoms with van der Waals surface area (Å²) in [4.78, 5) is 11.0. The molecule has 0 radical (unpaired) electrons. The van der Waals surface area contributed by atoms with Crippen LogP contribution in [0.3, 0.4) is 0 Å². The molecule has 0 spiro atoms. The Balaban J connectivity index is 2.48. The third-order valence-electron chi connectivity index (χ3n) is 3.63. The van der Waals surface area contributed by atoms with Gasteiger partial charge in [-0.15, -0.1) is 0 Å². The number of rotatable bonds is 2. The molecule has 2 N–H and O–H groups in total. The zero-order chi connectivity index (χ0) is 12.6. The second-order valence-electron chi connectivity index (χ2n) is 5.72. The van der Waals surface area contributed by atoms with Gasteiger partial charge in [0.05, 0.1) is 0 Å². The van der Waals surface area contributed by atoms with Crippen LogP contribution < -0.4 is 10.6 Å². The average molecular weight is 234 g/mol. The van der Waals surface area contributed by atoms with E-state index in [-0.39, 0.29) is 5.54 Å². The molecular weight excluding hydrogens is 212 g/mol. The molecule has 0 amide bonds. The van der Waals surface area contributed by atoms with Crippen LogP contribution in [-0.2, 0) is 0 Å². The molecular formula is C13H22N4. The van der Waals surface area contributed by atoms with Crippen LogP contribution in [0.5, 0.6) is 0 Å². The maximum Gasteiger partial charge on any atom is 0.138 e. The highest BCUT2D eigenvalue weighted by Gasteiger charge is 2.34. The molecule has 1 fully saturated rings. The molecule has 1 aromatic rings. The molecule has 0 unspecified atom stereocenters. The van der Waals surface area contributed by atoms with Crippen molar-refractivity contribution in [1.29, 1.82) is 0 Å². The van der Waals surface area contributed by atoms with Gasteiger partial charge in [-0.1, -0.05) is 13.8 Å². The summed E-state index contributed by atoms with van der Waals surface area (Å²) in [6, 6.07) is 0. The Morgan fingerprint density at radius 3 is 2.59 bits per heavy atom. The van der Waals surface area contributed by atoms with Gasteiger partial charge in [0.1, 0.15) is 18.0 Å². The normalized spacial score (nSPS) is 19.0. The lowest BCUT2D eigenvalue weighted by molar-refractivity contribution is 0.512. The number of anilines is 2. The van der Waals surface area contributed by atoms with Crippen molar-refractivity contribution in [1.82, 2.24) is 9.97 Å². The molecule has 0 saturated carbocycles. The smallest absolute Gasteiger partial charge is 0.138 e. The van der Waals surface area contributed by atoms with Crippen molar-refractivity contribution >= 4 is 11.6 Å². The Labute approximate surface area is 103 Å². The monoisotopic (exact) mass is 234 g/mol. The van der Waals surface area contributed by atoms with Crippen LogP contribution >= 0.6 is 0 Å². The largest absolute Gasteiger partial charge is 0.383 e. The number of nitrogen functional groups attached to an aromatic ring is 1. The average Bonchev–Trinajstić information content (AvgIpc) is 2.57. The maximum absolute atomic E-state index is 6.00. The van der Waals surface area contributed by atoms with E-state index in [9.17, 15) is 0 Å². The maximum atomic E-state index is 6.00. The summed E-state index contributed by atoms with van der Waals surface area (Å²) in [7, 11) is 0. The van der Waals surface area contributed by atoms with Crippen molar-refractivity contribution < 1.29 is 0 Å². The third-order valence-corrected chi connectivity index (χ3v) is 3.63. The molecule has 2 rings (SSSR count). The predicted molar refractivity (Wildman–Crippen MR) is 71.2 cm³/mol. The van der Waals surface area contributed by atoms with Crippen molar-refractivity contribution in [2.45, 2.75) is 52.0 Å². The first kappa shape index (κ1) is 12.1. The minimum absolute atomic E-state index is 0.171. The Bertz CT molecular complexity index is 412. The fraction of sp³-hybridized carbons (Fsp3) is 0.692. The Kier molecular flexibility index (Phi) is 2.98. The summed E-state index contributed by atoms with van der Waals surface area (Å²) >= 11 is 0. The van der Waals surface area contributed by atoms with Gasteiger partial charge in [0.15, 0.2) is 0 Å². The van der Waals surface area contributed by atoms with Crippen LogP contribution in [0.2, 0.25) is 0 Å². The van der Waals surface area contributed by atoms with Gasteiger partial charge in [0.25, 0.3) is 0 Å². The molecule has 0 bridgehead atoms. The zero-order valence-corrected chi connectivity index (χ0v) is 11.2. The van der Waals surface area contributed by atoms with E-state index in [1.807, 2.05) is 0 Å². The summed E-state index contributed by atoms with van der Waals surface area (Å²) in [5.41, 5.74) is 7.26. The first-order valence-corrected chi connectivity index (χ1v) is 6.31. The Morgan fingerprint density at radius 2 is 2.06 bits per heavy atom. The first-order valence-electron chi connectivity index (χ1n) is 6.31. The van der Waals surface area contributed by atoms with Crippen LogP contribution in [-0.4, -0.2) is 22.1 Å². The van der Waals surface area contributed by atoms with Crippen molar-refractivity contribution in [3.63, 3.8) is 0 Å². The molecule has 1 aromatic heterocycles. The fourth-order valence-electron chi connectivity index (χ4n) is 2.67. The van der Waals surface area contributed by atoms with E-state index >= 15 is 0 Å². The van der Waals surface area contributed by atoms with Gasteiger partial charge in [-0.3, -0.25) is 0 Å². The zero-order valence-electron chi connectivity index (χ0n) is 11.2. The lowest BCUT2D eigenvalue weighted by Crippen LogP contribution is -2.39. The topological polar surface area (TPSA) is 55.0 Å².